The molecule has 0 unspecified atom stereocenters. The minimum absolute atomic E-state index is 0.0376. The Balaban J connectivity index is 1.29. The van der Waals surface area contributed by atoms with Gasteiger partial charge < -0.3 is 78.7 Å². The predicted octanol–water partition coefficient (Wildman–Crippen LogP) is -1.64. The van der Waals surface area contributed by atoms with Gasteiger partial charge in [-0.05, 0) is 35.8 Å². The third kappa shape index (κ3) is 9.30. The van der Waals surface area contributed by atoms with Gasteiger partial charge in [0.1, 0.15) is 61.2 Å². The first-order chi connectivity index (χ1) is 25.9. The van der Waals surface area contributed by atoms with E-state index in [2.05, 4.69) is 0 Å². The summed E-state index contributed by atoms with van der Waals surface area (Å²) >= 11 is 0. The molecule has 5 rings (SSSR count). The number of fused-ring (bicyclic) bond motifs is 1. The van der Waals surface area contributed by atoms with Crippen LogP contribution in [-0.2, 0) is 47.5 Å². The molecular weight excluding hydrogens is 720 g/mol. The zero-order chi connectivity index (χ0) is 39.1. The monoisotopic (exact) mass is 768 g/mol. The van der Waals surface area contributed by atoms with Crippen molar-refractivity contribution in [3.05, 3.63) is 59.4 Å². The molecule has 18 nitrogen and oxygen atoms in total. The number of aromatic hydroxyl groups is 1. The number of methoxy groups -OCH3 is 1. The maximum Gasteiger partial charge on any atom is 0.337 e. The van der Waals surface area contributed by atoms with E-state index in [-0.39, 0.29) is 11.3 Å². The van der Waals surface area contributed by atoms with E-state index in [0.717, 1.165) is 25.2 Å². The number of phenols is 1. The minimum atomic E-state index is -1.93. The summed E-state index contributed by atoms with van der Waals surface area (Å²) in [4.78, 5) is 25.1. The van der Waals surface area contributed by atoms with Gasteiger partial charge in [-0.15, -0.1) is 0 Å². The van der Waals surface area contributed by atoms with Crippen LogP contribution in [0.25, 0.3) is 6.08 Å². The molecule has 3 aliphatic heterocycles. The van der Waals surface area contributed by atoms with E-state index in [0.29, 0.717) is 17.7 Å². The van der Waals surface area contributed by atoms with Gasteiger partial charge in [-0.2, -0.15) is 0 Å². The summed E-state index contributed by atoms with van der Waals surface area (Å²) < 4.78 is 45.1. The fraction of sp³-hybridized carbons (Fsp3) is 0.611. The highest BCUT2D eigenvalue weighted by Gasteiger charge is 2.55. The van der Waals surface area contributed by atoms with Crippen molar-refractivity contribution in [1.82, 2.24) is 0 Å². The molecule has 0 bridgehead atoms. The first-order valence-electron chi connectivity index (χ1n) is 17.6. The second kappa shape index (κ2) is 18.9. The van der Waals surface area contributed by atoms with Crippen molar-refractivity contribution in [2.24, 2.45) is 11.8 Å². The van der Waals surface area contributed by atoms with Crippen molar-refractivity contribution in [3.8, 4) is 5.75 Å². The summed E-state index contributed by atoms with van der Waals surface area (Å²) in [5.41, 5.74) is 1.11. The van der Waals surface area contributed by atoms with Gasteiger partial charge in [0.05, 0.1) is 44.2 Å². The molecule has 2 fully saturated rings. The lowest BCUT2D eigenvalue weighted by Crippen LogP contribution is -2.65. The average molecular weight is 769 g/mol. The number of rotatable bonds is 15. The SMILES string of the molecule is CCCCO[C@H]1C=C(CO)[C@H]2[C@H](O[C@@H]3O[C@H](CO)[C@@H](O)[C@H](O[C@@H]4O[C@H](COC(=O)/C=C\c5ccc(O)cc5)[C@@H](O)[C@H](O)[C@H]4O)[C@H]3O)OC=C(C(=O)OC)[C@H]21. The molecule has 14 atom stereocenters. The summed E-state index contributed by atoms with van der Waals surface area (Å²) in [7, 11) is 1.20. The lowest BCUT2D eigenvalue weighted by molar-refractivity contribution is -0.374. The highest BCUT2D eigenvalue weighted by molar-refractivity contribution is 5.89. The van der Waals surface area contributed by atoms with Crippen LogP contribution in [0.1, 0.15) is 25.3 Å². The Morgan fingerprint density at radius 1 is 0.852 bits per heavy atom. The first-order valence-corrected chi connectivity index (χ1v) is 17.6. The Kier molecular flexibility index (Phi) is 14.6. The summed E-state index contributed by atoms with van der Waals surface area (Å²) in [5.74, 6) is -3.07. The van der Waals surface area contributed by atoms with Gasteiger partial charge in [-0.25, -0.2) is 9.59 Å². The number of esters is 2. The Morgan fingerprint density at radius 2 is 1.56 bits per heavy atom. The number of carbonyl (C=O) groups excluding carboxylic acids is 2. The van der Waals surface area contributed by atoms with Gasteiger partial charge in [0.25, 0.3) is 0 Å². The molecule has 300 valence electrons. The van der Waals surface area contributed by atoms with Crippen LogP contribution in [0.15, 0.2) is 53.8 Å². The zero-order valence-corrected chi connectivity index (χ0v) is 29.6. The number of carbonyl (C=O) groups is 2. The molecule has 2 saturated heterocycles. The molecule has 4 aliphatic rings. The van der Waals surface area contributed by atoms with Crippen molar-refractivity contribution in [2.75, 3.05) is 33.5 Å². The van der Waals surface area contributed by atoms with Crippen LogP contribution >= 0.6 is 0 Å². The molecule has 1 aromatic carbocycles. The van der Waals surface area contributed by atoms with E-state index in [1.807, 2.05) is 6.92 Å². The van der Waals surface area contributed by atoms with E-state index >= 15 is 0 Å². The number of hydrogen-bond donors (Lipinski definition) is 8. The van der Waals surface area contributed by atoms with Crippen LogP contribution in [0.2, 0.25) is 0 Å². The van der Waals surface area contributed by atoms with Crippen LogP contribution in [0, 0.1) is 11.8 Å². The lowest BCUT2D eigenvalue weighted by Gasteiger charge is -2.47. The van der Waals surface area contributed by atoms with E-state index in [1.54, 1.807) is 18.2 Å². The Morgan fingerprint density at radius 3 is 2.22 bits per heavy atom. The minimum Gasteiger partial charge on any atom is -0.508 e. The molecule has 0 aromatic heterocycles. The highest BCUT2D eigenvalue weighted by atomic mass is 16.8. The predicted molar refractivity (Wildman–Crippen MR) is 180 cm³/mol. The van der Waals surface area contributed by atoms with Crippen LogP contribution < -0.4 is 0 Å². The molecule has 0 radical (unpaired) electrons. The fourth-order valence-corrected chi connectivity index (χ4v) is 6.71. The molecule has 0 spiro atoms. The summed E-state index contributed by atoms with van der Waals surface area (Å²) in [5, 5.41) is 84.2. The Labute approximate surface area is 310 Å². The summed E-state index contributed by atoms with van der Waals surface area (Å²) in [6, 6.07) is 5.95. The first kappa shape index (κ1) is 41.7. The molecule has 18 heteroatoms. The quantitative estimate of drug-likeness (QED) is 0.0430. The number of ether oxygens (including phenoxy) is 8. The van der Waals surface area contributed by atoms with Crippen molar-refractivity contribution in [1.29, 1.82) is 0 Å². The van der Waals surface area contributed by atoms with Gasteiger partial charge in [-0.3, -0.25) is 0 Å². The van der Waals surface area contributed by atoms with Crippen molar-refractivity contribution >= 4 is 18.0 Å². The number of hydrogen-bond acceptors (Lipinski definition) is 18. The smallest absolute Gasteiger partial charge is 0.337 e. The van der Waals surface area contributed by atoms with Crippen molar-refractivity contribution in [3.63, 3.8) is 0 Å². The van der Waals surface area contributed by atoms with Gasteiger partial charge in [-0.1, -0.05) is 31.6 Å². The summed E-state index contributed by atoms with van der Waals surface area (Å²) in [6.07, 6.45) is -12.4. The van der Waals surface area contributed by atoms with Crippen LogP contribution in [0.4, 0.5) is 0 Å². The lowest BCUT2D eigenvalue weighted by atomic mass is 9.82. The largest absolute Gasteiger partial charge is 0.508 e. The number of aliphatic hydroxyl groups excluding tert-OH is 7. The summed E-state index contributed by atoms with van der Waals surface area (Å²) in [6.45, 7) is 0.488. The standard InChI is InChI=1S/C36H48O18/c1-3-4-11-48-21-12-18(13-37)25-26(21)20(33(46)47-2)15-50-34(25)54-36-31(45)32(28(42)22(14-38)51-36)53-35-30(44)29(43)27(41)23(52-35)16-49-24(40)10-7-17-5-8-19(39)9-6-17/h5-10,12,15,21-23,25-32,34-39,41-45H,3-4,11,13-14,16H2,1-2H3/b10-7-/t21-,22+,23+,25+,26-,27+,28+,29-,30+,31+,32-,34-,35-,36-/m0/s1. The van der Waals surface area contributed by atoms with E-state index in [4.69, 9.17) is 37.9 Å². The normalized spacial score (nSPS) is 36.5. The molecule has 8 N–H and O–H groups in total. The van der Waals surface area contributed by atoms with E-state index in [1.165, 1.54) is 25.3 Å². The van der Waals surface area contributed by atoms with Crippen molar-refractivity contribution < 1.29 is 88.3 Å². The number of aliphatic hydroxyl groups is 7. The Hall–Kier alpha value is -3.50. The van der Waals surface area contributed by atoms with Crippen LogP contribution in [0.3, 0.4) is 0 Å². The molecule has 54 heavy (non-hydrogen) atoms. The maximum atomic E-state index is 12.7. The fourth-order valence-electron chi connectivity index (χ4n) is 6.71. The topological polar surface area (TPSA) is 270 Å². The van der Waals surface area contributed by atoms with Gasteiger partial charge in [0.2, 0.25) is 6.29 Å². The van der Waals surface area contributed by atoms with Crippen molar-refractivity contribution in [2.45, 2.75) is 93.6 Å². The second-order valence-electron chi connectivity index (χ2n) is 13.2. The average Bonchev–Trinajstić information content (AvgIpc) is 3.55. The van der Waals surface area contributed by atoms with Crippen LogP contribution in [-0.4, -0.2) is 160 Å². The molecule has 0 amide bonds. The molecule has 0 saturated carbocycles. The highest BCUT2D eigenvalue weighted by Crippen LogP contribution is 2.46. The third-order valence-electron chi connectivity index (χ3n) is 9.69. The molecule has 1 aliphatic carbocycles. The maximum absolute atomic E-state index is 12.7. The molecule has 3 heterocycles. The zero-order valence-electron chi connectivity index (χ0n) is 29.6. The van der Waals surface area contributed by atoms with Gasteiger partial charge in [0.15, 0.2) is 12.6 Å². The third-order valence-corrected chi connectivity index (χ3v) is 9.69. The number of unbranched alkanes of at least 4 members (excludes halogenated alkanes) is 1. The van der Waals surface area contributed by atoms with Crippen LogP contribution in [0.5, 0.6) is 5.75 Å². The van der Waals surface area contributed by atoms with E-state index in [9.17, 15) is 50.4 Å². The number of phenolic OH excluding ortho intramolecular Hbond substituents is 1. The number of benzene rings is 1. The molecule has 1 aromatic rings. The van der Waals surface area contributed by atoms with E-state index < -0.39 is 117 Å². The van der Waals surface area contributed by atoms with Gasteiger partial charge >= 0.3 is 11.9 Å². The van der Waals surface area contributed by atoms with Gasteiger partial charge in [0, 0.05) is 18.6 Å². The molecular formula is C36H48O18. The second-order valence-corrected chi connectivity index (χ2v) is 13.2. The Bertz CT molecular complexity index is 1500.